The number of rotatable bonds is 0. The molecule has 1 heterocycles. The molecule has 0 saturated heterocycles. The van der Waals surface area contributed by atoms with Gasteiger partial charge in [-0.05, 0) is 21.8 Å². The first-order valence-corrected chi connectivity index (χ1v) is 9.23. The van der Waals surface area contributed by atoms with Crippen LogP contribution in [0.2, 0.25) is 0 Å². The number of carbonyl (C=O) groups excluding carboxylic acids is 2. The summed E-state index contributed by atoms with van der Waals surface area (Å²) < 4.78 is 5.77. The summed E-state index contributed by atoms with van der Waals surface area (Å²) in [5.41, 5.74) is 5.78. The molecule has 2 N–H and O–H groups in total. The molecular weight excluding hydrogens is 352 g/mol. The fraction of sp³-hybridized carbons (Fsp3) is 0.261. The minimum Gasteiger partial charge on any atom is -0.444 e. The van der Waals surface area contributed by atoms with E-state index in [2.05, 4.69) is 6.07 Å². The summed E-state index contributed by atoms with van der Waals surface area (Å²) in [4.78, 5) is 27.2. The summed E-state index contributed by atoms with van der Waals surface area (Å²) in [6.45, 7) is 3.97. The number of nitrogens with two attached hydrogens (primary N) is 1. The quantitative estimate of drug-likeness (QED) is 0.764. The van der Waals surface area contributed by atoms with E-state index in [1.165, 1.54) is 0 Å². The van der Waals surface area contributed by atoms with Crippen molar-refractivity contribution in [3.63, 3.8) is 0 Å². The molecule has 0 saturated carbocycles. The van der Waals surface area contributed by atoms with Gasteiger partial charge in [-0.25, -0.2) is 0 Å². The molecule has 1 aliphatic heterocycles. The Bertz CT molecular complexity index is 1220. The van der Waals surface area contributed by atoms with Gasteiger partial charge in [0.25, 0.3) is 0 Å². The van der Waals surface area contributed by atoms with Crippen molar-refractivity contribution in [2.75, 3.05) is 0 Å². The van der Waals surface area contributed by atoms with E-state index in [9.17, 15) is 14.9 Å². The average Bonchev–Trinajstić information content (AvgIpc) is 2.86. The second kappa shape index (κ2) is 5.11. The Kier molecular flexibility index (Phi) is 3.06. The maximum Gasteiger partial charge on any atom is 0.205 e. The second-order valence-electron chi connectivity index (χ2n) is 8.48. The topological polar surface area (TPSA) is 93.2 Å². The summed E-state index contributed by atoms with van der Waals surface area (Å²) >= 11 is 0. The van der Waals surface area contributed by atoms with Gasteiger partial charge in [0, 0.05) is 18.4 Å². The lowest BCUT2D eigenvalue weighted by Crippen LogP contribution is -2.47. The SMILES string of the molecule is CC1(C)CC(=O)C2=C(C1)OC(N)=C(C#N)[C@]21C(=O)c2cccc3cccc1c23. The molecule has 0 radical (unpaired) electrons. The van der Waals surface area contributed by atoms with Crippen LogP contribution in [0.1, 0.15) is 42.6 Å². The molecule has 0 fully saturated rings. The number of benzene rings is 2. The molecule has 3 aliphatic rings. The van der Waals surface area contributed by atoms with Crippen molar-refractivity contribution in [1.82, 2.24) is 0 Å². The normalized spacial score (nSPS) is 25.2. The number of hydrogen-bond acceptors (Lipinski definition) is 5. The van der Waals surface area contributed by atoms with Crippen molar-refractivity contribution >= 4 is 22.3 Å². The van der Waals surface area contributed by atoms with E-state index in [4.69, 9.17) is 10.5 Å². The first kappa shape index (κ1) is 16.8. The number of nitriles is 1. The van der Waals surface area contributed by atoms with Crippen LogP contribution in [0.3, 0.4) is 0 Å². The Morgan fingerprint density at radius 2 is 1.82 bits per heavy atom. The highest BCUT2D eigenvalue weighted by Gasteiger charge is 2.60. The van der Waals surface area contributed by atoms with Gasteiger partial charge >= 0.3 is 0 Å². The van der Waals surface area contributed by atoms with Crippen LogP contribution in [0.25, 0.3) is 10.8 Å². The summed E-state index contributed by atoms with van der Waals surface area (Å²) in [6, 6.07) is 13.2. The summed E-state index contributed by atoms with van der Waals surface area (Å²) in [5.74, 6) is -0.117. The minimum absolute atomic E-state index is 0.00741. The number of nitrogens with zero attached hydrogens (tertiary/aromatic N) is 1. The minimum atomic E-state index is -1.51. The highest BCUT2D eigenvalue weighted by Crippen LogP contribution is 2.57. The third-order valence-corrected chi connectivity index (χ3v) is 6.07. The number of ether oxygens (including phenoxy) is 1. The molecule has 2 aromatic rings. The molecule has 2 aromatic carbocycles. The Balaban J connectivity index is 1.95. The van der Waals surface area contributed by atoms with Crippen LogP contribution in [0.15, 0.2) is 59.2 Å². The van der Waals surface area contributed by atoms with Gasteiger partial charge in [0.15, 0.2) is 11.6 Å². The van der Waals surface area contributed by atoms with Crippen molar-refractivity contribution in [2.45, 2.75) is 32.1 Å². The zero-order chi connectivity index (χ0) is 19.8. The second-order valence-corrected chi connectivity index (χ2v) is 8.48. The van der Waals surface area contributed by atoms with Crippen LogP contribution in [-0.2, 0) is 14.9 Å². The maximum absolute atomic E-state index is 13.8. The number of Topliss-reactive ketones (excluding diaryl/α,β-unsaturated/α-hetero) is 2. The molecule has 5 heteroatoms. The Morgan fingerprint density at radius 3 is 2.54 bits per heavy atom. The highest BCUT2D eigenvalue weighted by molar-refractivity contribution is 6.27. The fourth-order valence-corrected chi connectivity index (χ4v) is 5.07. The fourth-order valence-electron chi connectivity index (χ4n) is 5.07. The van der Waals surface area contributed by atoms with Crippen LogP contribution in [-0.4, -0.2) is 11.6 Å². The molecule has 0 aromatic heterocycles. The number of hydrogen-bond donors (Lipinski definition) is 1. The van der Waals surface area contributed by atoms with Crippen LogP contribution in [0.5, 0.6) is 0 Å². The predicted molar refractivity (Wildman–Crippen MR) is 103 cm³/mol. The van der Waals surface area contributed by atoms with E-state index >= 15 is 0 Å². The van der Waals surface area contributed by atoms with Gasteiger partial charge in [0.05, 0.1) is 5.57 Å². The zero-order valence-corrected chi connectivity index (χ0v) is 15.6. The van der Waals surface area contributed by atoms with Crippen molar-refractivity contribution in [1.29, 1.82) is 5.26 Å². The largest absolute Gasteiger partial charge is 0.444 e. The number of allylic oxidation sites excluding steroid dienone is 3. The van der Waals surface area contributed by atoms with Crippen LogP contribution >= 0.6 is 0 Å². The smallest absolute Gasteiger partial charge is 0.205 e. The summed E-state index contributed by atoms with van der Waals surface area (Å²) in [7, 11) is 0. The van der Waals surface area contributed by atoms with Gasteiger partial charge in [-0.2, -0.15) is 5.26 Å². The highest BCUT2D eigenvalue weighted by atomic mass is 16.5. The molecule has 5 rings (SSSR count). The van der Waals surface area contributed by atoms with Crippen molar-refractivity contribution in [3.8, 4) is 6.07 Å². The summed E-state index contributed by atoms with van der Waals surface area (Å²) in [5, 5.41) is 11.6. The van der Waals surface area contributed by atoms with Crippen LogP contribution in [0.4, 0.5) is 0 Å². The molecule has 138 valence electrons. The zero-order valence-electron chi connectivity index (χ0n) is 15.6. The van der Waals surface area contributed by atoms with E-state index in [0.29, 0.717) is 23.3 Å². The Morgan fingerprint density at radius 1 is 1.11 bits per heavy atom. The van der Waals surface area contributed by atoms with Gasteiger partial charge in [0.2, 0.25) is 5.88 Å². The number of carbonyl (C=O) groups is 2. The van der Waals surface area contributed by atoms with E-state index in [-0.39, 0.29) is 40.4 Å². The molecule has 0 unspecified atom stereocenters. The van der Waals surface area contributed by atoms with Crippen molar-refractivity contribution in [3.05, 3.63) is 70.3 Å². The monoisotopic (exact) mass is 370 g/mol. The molecule has 0 bridgehead atoms. The molecule has 2 aliphatic carbocycles. The van der Waals surface area contributed by atoms with E-state index in [1.807, 2.05) is 44.2 Å². The van der Waals surface area contributed by atoms with E-state index < -0.39 is 5.41 Å². The van der Waals surface area contributed by atoms with Crippen molar-refractivity contribution < 1.29 is 14.3 Å². The van der Waals surface area contributed by atoms with E-state index in [1.54, 1.807) is 6.07 Å². The van der Waals surface area contributed by atoms with Gasteiger partial charge in [0.1, 0.15) is 22.8 Å². The number of fused-ring (bicyclic) bond motifs is 2. The molecule has 28 heavy (non-hydrogen) atoms. The van der Waals surface area contributed by atoms with E-state index in [0.717, 1.165) is 10.8 Å². The van der Waals surface area contributed by atoms with Crippen LogP contribution in [0, 0.1) is 16.7 Å². The van der Waals surface area contributed by atoms with Gasteiger partial charge in [-0.15, -0.1) is 0 Å². The Hall–Kier alpha value is -3.39. The lowest BCUT2D eigenvalue weighted by atomic mass is 9.61. The van der Waals surface area contributed by atoms with Crippen molar-refractivity contribution in [2.24, 2.45) is 11.1 Å². The molecule has 0 amide bonds. The van der Waals surface area contributed by atoms with Gasteiger partial charge in [-0.1, -0.05) is 50.2 Å². The molecule has 1 atom stereocenters. The first-order valence-electron chi connectivity index (χ1n) is 9.23. The third kappa shape index (κ3) is 1.80. The molecular formula is C23H18N2O3. The third-order valence-electron chi connectivity index (χ3n) is 6.07. The summed E-state index contributed by atoms with van der Waals surface area (Å²) in [6.07, 6.45) is 0.768. The lowest BCUT2D eigenvalue weighted by molar-refractivity contribution is -0.119. The lowest BCUT2D eigenvalue weighted by Gasteiger charge is -2.41. The predicted octanol–water partition coefficient (Wildman–Crippen LogP) is 3.64. The Labute approximate surface area is 162 Å². The molecule has 5 nitrogen and oxygen atoms in total. The van der Waals surface area contributed by atoms with Gasteiger partial charge < -0.3 is 10.5 Å². The molecule has 1 spiro atoms. The standard InChI is InChI=1S/C23H18N2O3/c1-22(2)9-16(26)19-17(10-22)28-21(25)15(11-24)23(19)14-8-4-6-12-5-3-7-13(18(12)14)20(23)27/h3-8H,9-10,25H2,1-2H3/t23-/m0/s1. The van der Waals surface area contributed by atoms with Crippen LogP contribution < -0.4 is 5.73 Å². The van der Waals surface area contributed by atoms with Gasteiger partial charge in [-0.3, -0.25) is 9.59 Å². The number of ketones is 2. The first-order chi connectivity index (χ1) is 13.3. The average molecular weight is 370 g/mol. The maximum atomic E-state index is 13.8.